The normalized spacial score (nSPS) is 11.6. The van der Waals surface area contributed by atoms with E-state index in [9.17, 15) is 4.79 Å². The van der Waals surface area contributed by atoms with Crippen molar-refractivity contribution in [2.45, 2.75) is 47.5 Å². The molecule has 0 bridgehead atoms. The first-order valence-corrected chi connectivity index (χ1v) is 7.78. The van der Waals surface area contributed by atoms with Crippen molar-refractivity contribution in [1.82, 2.24) is 9.78 Å². The lowest BCUT2D eigenvalue weighted by Gasteiger charge is -2.06. The molecule has 1 N–H and O–H groups in total. The van der Waals surface area contributed by atoms with Gasteiger partial charge in [0.15, 0.2) is 0 Å². The summed E-state index contributed by atoms with van der Waals surface area (Å²) in [6.07, 6.45) is 1.74. The highest BCUT2D eigenvalue weighted by Crippen LogP contribution is 2.15. The van der Waals surface area contributed by atoms with Crippen molar-refractivity contribution >= 4 is 0 Å². The second kappa shape index (κ2) is 6.33. The van der Waals surface area contributed by atoms with E-state index >= 15 is 0 Å². The van der Waals surface area contributed by atoms with Crippen LogP contribution in [0.5, 0.6) is 0 Å². The number of hydrogen-bond acceptors (Lipinski definition) is 1. The fourth-order valence-corrected chi connectivity index (χ4v) is 2.59. The summed E-state index contributed by atoms with van der Waals surface area (Å²) in [4.78, 5) is 12.7. The number of benzene rings is 1. The van der Waals surface area contributed by atoms with Crippen molar-refractivity contribution in [3.8, 4) is 5.69 Å². The number of aromatic nitrogens is 2. The Morgan fingerprint density at radius 1 is 1.00 bits per heavy atom. The predicted octanol–water partition coefficient (Wildman–Crippen LogP) is 3.87. The average Bonchev–Trinajstić information content (AvgIpc) is 2.67. The molecule has 1 aromatic carbocycles. The van der Waals surface area contributed by atoms with Crippen molar-refractivity contribution in [1.29, 1.82) is 0 Å². The minimum absolute atomic E-state index is 0.100. The molecule has 0 spiro atoms. The van der Waals surface area contributed by atoms with Gasteiger partial charge in [-0.3, -0.25) is 9.89 Å². The molecule has 0 fully saturated rings. The zero-order valence-corrected chi connectivity index (χ0v) is 13.7. The Morgan fingerprint density at radius 3 is 2.10 bits per heavy atom. The first kappa shape index (κ1) is 15.6. The quantitative estimate of drug-likeness (QED) is 0.890. The van der Waals surface area contributed by atoms with E-state index in [1.54, 1.807) is 4.68 Å². The van der Waals surface area contributed by atoms with Crippen LogP contribution < -0.4 is 5.56 Å². The van der Waals surface area contributed by atoms with Gasteiger partial charge in [0.25, 0.3) is 5.56 Å². The van der Waals surface area contributed by atoms with E-state index in [2.05, 4.69) is 39.7 Å². The summed E-state index contributed by atoms with van der Waals surface area (Å²) >= 11 is 0. The van der Waals surface area contributed by atoms with Crippen LogP contribution in [-0.4, -0.2) is 9.78 Å². The van der Waals surface area contributed by atoms with Gasteiger partial charge in [0.1, 0.15) is 0 Å². The van der Waals surface area contributed by atoms with E-state index in [-0.39, 0.29) is 5.56 Å². The Labute approximate surface area is 127 Å². The van der Waals surface area contributed by atoms with Gasteiger partial charge < -0.3 is 0 Å². The average molecular weight is 286 g/mol. The lowest BCUT2D eigenvalue weighted by Crippen LogP contribution is -2.18. The molecule has 2 aromatic rings. The van der Waals surface area contributed by atoms with Crippen LogP contribution in [-0.2, 0) is 12.8 Å². The molecule has 1 aromatic heterocycles. The van der Waals surface area contributed by atoms with Gasteiger partial charge in [-0.2, -0.15) is 0 Å². The highest BCUT2D eigenvalue weighted by molar-refractivity contribution is 5.35. The van der Waals surface area contributed by atoms with E-state index in [1.165, 1.54) is 5.56 Å². The Hall–Kier alpha value is -1.77. The molecule has 1 heterocycles. The van der Waals surface area contributed by atoms with Crippen molar-refractivity contribution < 1.29 is 0 Å². The zero-order valence-electron chi connectivity index (χ0n) is 13.7. The lowest BCUT2D eigenvalue weighted by molar-refractivity contribution is 0.607. The van der Waals surface area contributed by atoms with Crippen LogP contribution in [0.25, 0.3) is 5.69 Å². The summed E-state index contributed by atoms with van der Waals surface area (Å²) < 4.78 is 1.69. The molecule has 0 saturated carbocycles. The van der Waals surface area contributed by atoms with Crippen molar-refractivity contribution in [3.63, 3.8) is 0 Å². The van der Waals surface area contributed by atoms with E-state index in [0.717, 1.165) is 29.8 Å². The van der Waals surface area contributed by atoms with Gasteiger partial charge in [0, 0.05) is 11.3 Å². The minimum Gasteiger partial charge on any atom is -0.295 e. The molecule has 0 amide bonds. The third-order valence-corrected chi connectivity index (χ3v) is 3.59. The van der Waals surface area contributed by atoms with Crippen molar-refractivity contribution in [3.05, 3.63) is 51.4 Å². The Kier molecular flexibility index (Phi) is 4.71. The van der Waals surface area contributed by atoms with Crippen LogP contribution in [0.2, 0.25) is 0 Å². The topological polar surface area (TPSA) is 37.8 Å². The fourth-order valence-electron chi connectivity index (χ4n) is 2.59. The number of rotatable bonds is 5. The van der Waals surface area contributed by atoms with Crippen molar-refractivity contribution in [2.24, 2.45) is 11.8 Å². The second-order valence-electron chi connectivity index (χ2n) is 6.74. The van der Waals surface area contributed by atoms with E-state index in [1.807, 2.05) is 24.3 Å². The first-order chi connectivity index (χ1) is 9.88. The van der Waals surface area contributed by atoms with E-state index in [0.29, 0.717) is 11.8 Å². The zero-order chi connectivity index (χ0) is 15.6. The second-order valence-corrected chi connectivity index (χ2v) is 6.74. The fraction of sp³-hybridized carbons (Fsp3) is 0.500. The molecule has 0 aliphatic carbocycles. The summed E-state index contributed by atoms with van der Waals surface area (Å²) in [7, 11) is 0. The summed E-state index contributed by atoms with van der Waals surface area (Å²) in [5.41, 5.74) is 4.24. The van der Waals surface area contributed by atoms with Gasteiger partial charge in [-0.15, -0.1) is 0 Å². The molecule has 0 radical (unpaired) electrons. The molecular formula is C18H26N2O. The molecule has 0 atom stereocenters. The monoisotopic (exact) mass is 286 g/mol. The van der Waals surface area contributed by atoms with Gasteiger partial charge in [0.2, 0.25) is 0 Å². The standard InChI is InChI=1S/C18H26N2O/c1-12(2)10-16-17(11-13(3)4)19-20(18(16)21)15-8-6-14(5)7-9-15/h6-9,12-13,19H,10-11H2,1-5H3. The smallest absolute Gasteiger partial charge is 0.274 e. The molecule has 0 aliphatic rings. The molecule has 21 heavy (non-hydrogen) atoms. The third kappa shape index (κ3) is 3.66. The van der Waals surface area contributed by atoms with Crippen LogP contribution in [0.1, 0.15) is 44.5 Å². The van der Waals surface area contributed by atoms with Gasteiger partial charge in [-0.1, -0.05) is 45.4 Å². The highest BCUT2D eigenvalue weighted by atomic mass is 16.1. The summed E-state index contributed by atoms with van der Waals surface area (Å²) in [6.45, 7) is 10.7. The van der Waals surface area contributed by atoms with Crippen LogP contribution in [0, 0.1) is 18.8 Å². The Bertz CT molecular complexity index is 645. The van der Waals surface area contributed by atoms with Gasteiger partial charge in [0.05, 0.1) is 5.69 Å². The Balaban J connectivity index is 2.49. The summed E-state index contributed by atoms with van der Waals surface area (Å²) in [6, 6.07) is 8.05. The molecule has 3 heteroatoms. The molecule has 114 valence electrons. The van der Waals surface area contributed by atoms with Gasteiger partial charge >= 0.3 is 0 Å². The maximum absolute atomic E-state index is 12.7. The maximum atomic E-state index is 12.7. The minimum atomic E-state index is 0.100. The summed E-state index contributed by atoms with van der Waals surface area (Å²) in [5.74, 6) is 1.01. The SMILES string of the molecule is Cc1ccc(-n2[nH]c(CC(C)C)c(CC(C)C)c2=O)cc1. The van der Waals surface area contributed by atoms with Crippen LogP contribution in [0.15, 0.2) is 29.1 Å². The predicted molar refractivity (Wildman–Crippen MR) is 88.2 cm³/mol. The number of hydrogen-bond donors (Lipinski definition) is 1. The lowest BCUT2D eigenvalue weighted by atomic mass is 9.99. The molecule has 0 aliphatic heterocycles. The van der Waals surface area contributed by atoms with Gasteiger partial charge in [-0.05, 0) is 43.7 Å². The molecule has 2 rings (SSSR count). The largest absolute Gasteiger partial charge is 0.295 e. The molecule has 3 nitrogen and oxygen atoms in total. The first-order valence-electron chi connectivity index (χ1n) is 7.78. The number of H-pyrrole nitrogens is 1. The Morgan fingerprint density at radius 2 is 1.57 bits per heavy atom. The van der Waals surface area contributed by atoms with Crippen LogP contribution in [0.3, 0.4) is 0 Å². The van der Waals surface area contributed by atoms with Gasteiger partial charge in [-0.25, -0.2) is 4.68 Å². The van der Waals surface area contributed by atoms with E-state index < -0.39 is 0 Å². The number of nitrogens with one attached hydrogen (secondary N) is 1. The maximum Gasteiger partial charge on any atom is 0.274 e. The van der Waals surface area contributed by atoms with Crippen LogP contribution >= 0.6 is 0 Å². The van der Waals surface area contributed by atoms with Crippen LogP contribution in [0.4, 0.5) is 0 Å². The third-order valence-electron chi connectivity index (χ3n) is 3.59. The number of nitrogens with zero attached hydrogens (tertiary/aromatic N) is 1. The molecule has 0 saturated heterocycles. The van der Waals surface area contributed by atoms with E-state index in [4.69, 9.17) is 0 Å². The summed E-state index contributed by atoms with van der Waals surface area (Å²) in [5, 5.41) is 3.33. The highest BCUT2D eigenvalue weighted by Gasteiger charge is 2.17. The van der Waals surface area contributed by atoms with Crippen molar-refractivity contribution in [2.75, 3.05) is 0 Å². The number of aryl methyl sites for hydroxylation is 1. The molecular weight excluding hydrogens is 260 g/mol. The molecule has 0 unspecified atom stereocenters. The number of aromatic amines is 1.